The van der Waals surface area contributed by atoms with Crippen molar-refractivity contribution in [2.75, 3.05) is 6.54 Å². The molecule has 72 valence electrons. The standard InChI is InChI=1S/C10H16N2O/c1-2-4-10(13)12(8-3-7-11)9-5-6-9/h9H,2-6,8H2,1H3. The number of nitriles is 1. The third kappa shape index (κ3) is 3.06. The van der Waals surface area contributed by atoms with Gasteiger partial charge in [0, 0.05) is 19.0 Å². The average Bonchev–Trinajstić information content (AvgIpc) is 2.89. The Balaban J connectivity index is 2.37. The maximum atomic E-state index is 11.5. The number of hydrogen-bond acceptors (Lipinski definition) is 2. The van der Waals surface area contributed by atoms with Crippen LogP contribution in [0.15, 0.2) is 0 Å². The van der Waals surface area contributed by atoms with Crippen LogP contribution in [0.2, 0.25) is 0 Å². The minimum absolute atomic E-state index is 0.222. The molecule has 0 heterocycles. The molecule has 0 unspecified atom stereocenters. The molecule has 0 aromatic heterocycles. The molecule has 13 heavy (non-hydrogen) atoms. The van der Waals surface area contributed by atoms with Crippen LogP contribution in [0.4, 0.5) is 0 Å². The summed E-state index contributed by atoms with van der Waals surface area (Å²) >= 11 is 0. The fourth-order valence-electron chi connectivity index (χ4n) is 1.43. The Morgan fingerprint density at radius 3 is 2.77 bits per heavy atom. The molecule has 0 N–H and O–H groups in total. The molecule has 0 atom stereocenters. The van der Waals surface area contributed by atoms with Gasteiger partial charge in [-0.3, -0.25) is 4.79 Å². The Hall–Kier alpha value is -1.04. The van der Waals surface area contributed by atoms with Gasteiger partial charge in [-0.1, -0.05) is 6.92 Å². The van der Waals surface area contributed by atoms with Crippen LogP contribution in [-0.2, 0) is 4.79 Å². The lowest BCUT2D eigenvalue weighted by atomic mass is 10.3. The number of hydrogen-bond donors (Lipinski definition) is 0. The zero-order valence-corrected chi connectivity index (χ0v) is 8.12. The van der Waals surface area contributed by atoms with Gasteiger partial charge in [-0.2, -0.15) is 5.26 Å². The van der Waals surface area contributed by atoms with Gasteiger partial charge in [-0.25, -0.2) is 0 Å². The Morgan fingerprint density at radius 2 is 2.31 bits per heavy atom. The van der Waals surface area contributed by atoms with Gasteiger partial charge in [-0.15, -0.1) is 0 Å². The first kappa shape index (κ1) is 10.0. The number of nitrogens with zero attached hydrogens (tertiary/aromatic N) is 2. The summed E-state index contributed by atoms with van der Waals surface area (Å²) in [7, 11) is 0. The number of carbonyl (C=O) groups excluding carboxylic acids is 1. The van der Waals surface area contributed by atoms with Crippen molar-refractivity contribution in [1.29, 1.82) is 5.26 Å². The van der Waals surface area contributed by atoms with Crippen molar-refractivity contribution in [2.24, 2.45) is 0 Å². The van der Waals surface area contributed by atoms with E-state index < -0.39 is 0 Å². The van der Waals surface area contributed by atoms with Crippen molar-refractivity contribution >= 4 is 5.91 Å². The molecule has 0 saturated heterocycles. The van der Waals surface area contributed by atoms with Gasteiger partial charge < -0.3 is 4.90 Å². The van der Waals surface area contributed by atoms with Gasteiger partial charge in [0.1, 0.15) is 0 Å². The third-order valence-electron chi connectivity index (χ3n) is 2.24. The zero-order valence-electron chi connectivity index (χ0n) is 8.12. The highest BCUT2D eigenvalue weighted by Gasteiger charge is 2.31. The number of carbonyl (C=O) groups is 1. The van der Waals surface area contributed by atoms with Crippen LogP contribution in [0.1, 0.15) is 39.0 Å². The quantitative estimate of drug-likeness (QED) is 0.646. The fourth-order valence-corrected chi connectivity index (χ4v) is 1.43. The average molecular weight is 180 g/mol. The Bertz CT molecular complexity index is 215. The molecule has 1 saturated carbocycles. The van der Waals surface area contributed by atoms with Gasteiger partial charge in [0.05, 0.1) is 12.5 Å². The summed E-state index contributed by atoms with van der Waals surface area (Å²) in [5.41, 5.74) is 0. The van der Waals surface area contributed by atoms with Gasteiger partial charge >= 0.3 is 0 Å². The molecule has 1 fully saturated rings. The lowest BCUT2D eigenvalue weighted by Crippen LogP contribution is -2.33. The molecule has 1 amide bonds. The Morgan fingerprint density at radius 1 is 1.62 bits per heavy atom. The molecule has 0 spiro atoms. The Kier molecular flexibility index (Phi) is 3.75. The van der Waals surface area contributed by atoms with E-state index in [2.05, 4.69) is 6.07 Å². The van der Waals surface area contributed by atoms with Crippen molar-refractivity contribution in [2.45, 2.75) is 45.1 Å². The van der Waals surface area contributed by atoms with E-state index in [-0.39, 0.29) is 5.91 Å². The summed E-state index contributed by atoms with van der Waals surface area (Å²) in [6.07, 6.45) is 4.24. The number of amides is 1. The summed E-state index contributed by atoms with van der Waals surface area (Å²) < 4.78 is 0. The maximum Gasteiger partial charge on any atom is 0.222 e. The predicted octanol–water partition coefficient (Wildman–Crippen LogP) is 1.69. The van der Waals surface area contributed by atoms with E-state index in [0.29, 0.717) is 25.4 Å². The zero-order chi connectivity index (χ0) is 9.68. The van der Waals surface area contributed by atoms with Gasteiger partial charge in [-0.05, 0) is 19.3 Å². The van der Waals surface area contributed by atoms with E-state index in [9.17, 15) is 4.79 Å². The van der Waals surface area contributed by atoms with E-state index in [1.165, 1.54) is 0 Å². The molecular weight excluding hydrogens is 164 g/mol. The van der Waals surface area contributed by atoms with Crippen LogP contribution in [-0.4, -0.2) is 23.4 Å². The van der Waals surface area contributed by atoms with Crippen molar-refractivity contribution < 1.29 is 4.79 Å². The number of rotatable bonds is 5. The minimum Gasteiger partial charge on any atom is -0.339 e. The first-order valence-electron chi connectivity index (χ1n) is 4.96. The molecule has 3 nitrogen and oxygen atoms in total. The third-order valence-corrected chi connectivity index (χ3v) is 2.24. The topological polar surface area (TPSA) is 44.1 Å². The van der Waals surface area contributed by atoms with Gasteiger partial charge in [0.25, 0.3) is 0 Å². The first-order valence-corrected chi connectivity index (χ1v) is 4.96. The predicted molar refractivity (Wildman–Crippen MR) is 49.9 cm³/mol. The second-order valence-corrected chi connectivity index (χ2v) is 3.48. The summed E-state index contributed by atoms with van der Waals surface area (Å²) in [6, 6.07) is 2.54. The summed E-state index contributed by atoms with van der Waals surface area (Å²) in [6.45, 7) is 2.63. The molecular formula is C10H16N2O. The molecule has 0 radical (unpaired) electrons. The molecule has 1 aliphatic rings. The molecule has 0 bridgehead atoms. The lowest BCUT2D eigenvalue weighted by molar-refractivity contribution is -0.131. The largest absolute Gasteiger partial charge is 0.339 e. The van der Waals surface area contributed by atoms with Gasteiger partial charge in [0.2, 0.25) is 5.91 Å². The smallest absolute Gasteiger partial charge is 0.222 e. The second-order valence-electron chi connectivity index (χ2n) is 3.48. The maximum absolute atomic E-state index is 11.5. The molecule has 0 aromatic rings. The molecule has 1 rings (SSSR count). The second kappa shape index (κ2) is 4.86. The van der Waals surface area contributed by atoms with Crippen molar-refractivity contribution in [3.05, 3.63) is 0 Å². The lowest BCUT2D eigenvalue weighted by Gasteiger charge is -2.20. The first-order chi connectivity index (χ1) is 6.29. The van der Waals surface area contributed by atoms with E-state index in [0.717, 1.165) is 19.3 Å². The highest BCUT2D eigenvalue weighted by Crippen LogP contribution is 2.27. The summed E-state index contributed by atoms with van der Waals surface area (Å²) in [5, 5.41) is 8.44. The van der Waals surface area contributed by atoms with Crippen LogP contribution in [0.3, 0.4) is 0 Å². The van der Waals surface area contributed by atoms with Crippen LogP contribution < -0.4 is 0 Å². The minimum atomic E-state index is 0.222. The van der Waals surface area contributed by atoms with Crippen molar-refractivity contribution in [1.82, 2.24) is 4.90 Å². The monoisotopic (exact) mass is 180 g/mol. The Labute approximate surface area is 79.3 Å². The van der Waals surface area contributed by atoms with E-state index in [4.69, 9.17) is 5.26 Å². The highest BCUT2D eigenvalue weighted by atomic mass is 16.2. The molecule has 1 aliphatic carbocycles. The van der Waals surface area contributed by atoms with Crippen LogP contribution >= 0.6 is 0 Å². The molecule has 0 aromatic carbocycles. The van der Waals surface area contributed by atoms with E-state index >= 15 is 0 Å². The summed E-state index contributed by atoms with van der Waals surface area (Å²) in [4.78, 5) is 13.4. The van der Waals surface area contributed by atoms with Crippen LogP contribution in [0.25, 0.3) is 0 Å². The van der Waals surface area contributed by atoms with E-state index in [1.54, 1.807) is 0 Å². The highest BCUT2D eigenvalue weighted by molar-refractivity contribution is 5.76. The van der Waals surface area contributed by atoms with E-state index in [1.807, 2.05) is 11.8 Å². The summed E-state index contributed by atoms with van der Waals surface area (Å²) in [5.74, 6) is 0.222. The van der Waals surface area contributed by atoms with Crippen LogP contribution in [0, 0.1) is 11.3 Å². The SMILES string of the molecule is CCCC(=O)N(CCC#N)C1CC1. The van der Waals surface area contributed by atoms with Crippen LogP contribution in [0.5, 0.6) is 0 Å². The molecule has 0 aliphatic heterocycles. The fraction of sp³-hybridized carbons (Fsp3) is 0.800. The van der Waals surface area contributed by atoms with Crippen molar-refractivity contribution in [3.63, 3.8) is 0 Å². The normalized spacial score (nSPS) is 15.1. The van der Waals surface area contributed by atoms with Gasteiger partial charge in [0.15, 0.2) is 0 Å². The molecule has 3 heteroatoms. The van der Waals surface area contributed by atoms with Crippen molar-refractivity contribution in [3.8, 4) is 6.07 Å².